The van der Waals surface area contributed by atoms with Crippen molar-refractivity contribution in [2.75, 3.05) is 5.75 Å². The number of nitrogens with zero attached hydrogens (tertiary/aromatic N) is 4. The van der Waals surface area contributed by atoms with Gasteiger partial charge in [-0.15, -0.1) is 0 Å². The number of aryl methyl sites for hydroxylation is 1. The maximum absolute atomic E-state index is 10.8. The molecular formula is C13H12N4O3S. The summed E-state index contributed by atoms with van der Waals surface area (Å²) in [4.78, 5) is 19.3. The Hall–Kier alpha value is -2.35. The maximum Gasteiger partial charge on any atom is 0.313 e. The largest absolute Gasteiger partial charge is 0.481 e. The molecule has 1 N–H and O–H groups in total. The van der Waals surface area contributed by atoms with Crippen LogP contribution < -0.4 is 0 Å². The van der Waals surface area contributed by atoms with E-state index < -0.39 is 5.97 Å². The molecule has 0 saturated heterocycles. The van der Waals surface area contributed by atoms with E-state index in [2.05, 4.69) is 15.1 Å². The number of aromatic nitrogens is 4. The molecule has 7 nitrogen and oxygen atoms in total. The number of fused-ring (bicyclic) bond motifs is 1. The van der Waals surface area contributed by atoms with Gasteiger partial charge in [-0.05, 0) is 24.6 Å². The third-order valence-corrected chi connectivity index (χ3v) is 3.86. The zero-order valence-electron chi connectivity index (χ0n) is 11.2. The second kappa shape index (κ2) is 5.57. The van der Waals surface area contributed by atoms with Crippen LogP contribution in [0.15, 0.2) is 34.3 Å². The minimum atomic E-state index is -0.880. The third kappa shape index (κ3) is 2.89. The fourth-order valence-corrected chi connectivity index (χ4v) is 2.74. The SMILES string of the molecule is Cc1ccc2nc(SCC(=O)O)n(Cc3ncon3)c2c1. The number of carboxylic acid groups (broad SMARTS) is 1. The molecule has 2 aromatic heterocycles. The molecule has 0 atom stereocenters. The van der Waals surface area contributed by atoms with Gasteiger partial charge in [0, 0.05) is 0 Å². The Balaban J connectivity index is 2.04. The average molecular weight is 304 g/mol. The van der Waals surface area contributed by atoms with Crippen LogP contribution in [0.25, 0.3) is 11.0 Å². The van der Waals surface area contributed by atoms with Crippen molar-refractivity contribution < 1.29 is 14.4 Å². The number of hydrogen-bond acceptors (Lipinski definition) is 6. The molecule has 2 heterocycles. The number of thioether (sulfide) groups is 1. The molecule has 0 fully saturated rings. The minimum absolute atomic E-state index is 0.0471. The van der Waals surface area contributed by atoms with Crippen LogP contribution in [0.3, 0.4) is 0 Å². The standard InChI is InChI=1S/C13H12N4O3S/c1-8-2-3-9-10(4-8)17(5-11-14-7-20-16-11)13(15-9)21-6-12(18)19/h2-4,7H,5-6H2,1H3,(H,18,19). The molecule has 3 rings (SSSR count). The zero-order valence-corrected chi connectivity index (χ0v) is 12.0. The van der Waals surface area contributed by atoms with Gasteiger partial charge in [-0.3, -0.25) is 4.79 Å². The first kappa shape index (κ1) is 13.6. The molecular weight excluding hydrogens is 292 g/mol. The Bertz CT molecular complexity index is 782. The molecule has 108 valence electrons. The summed E-state index contributed by atoms with van der Waals surface area (Å²) in [5, 5.41) is 13.3. The van der Waals surface area contributed by atoms with Gasteiger partial charge in [0.1, 0.15) is 0 Å². The first-order chi connectivity index (χ1) is 10.1. The molecule has 0 radical (unpaired) electrons. The molecule has 1 aromatic carbocycles. The van der Waals surface area contributed by atoms with Gasteiger partial charge < -0.3 is 14.2 Å². The van der Waals surface area contributed by atoms with Crippen LogP contribution in [0, 0.1) is 6.92 Å². The van der Waals surface area contributed by atoms with Crippen LogP contribution in [0.5, 0.6) is 0 Å². The maximum atomic E-state index is 10.8. The molecule has 8 heteroatoms. The Labute approximate surface area is 124 Å². The summed E-state index contributed by atoms with van der Waals surface area (Å²) in [6.45, 7) is 2.38. The van der Waals surface area contributed by atoms with E-state index >= 15 is 0 Å². The molecule has 0 aliphatic rings. The lowest BCUT2D eigenvalue weighted by Gasteiger charge is -2.05. The van der Waals surface area contributed by atoms with Gasteiger partial charge in [0.2, 0.25) is 6.39 Å². The highest BCUT2D eigenvalue weighted by atomic mass is 32.2. The summed E-state index contributed by atoms with van der Waals surface area (Å²) >= 11 is 1.17. The number of carboxylic acids is 1. The van der Waals surface area contributed by atoms with Crippen molar-refractivity contribution in [2.24, 2.45) is 0 Å². The van der Waals surface area contributed by atoms with Gasteiger partial charge in [0.25, 0.3) is 0 Å². The third-order valence-electron chi connectivity index (χ3n) is 2.90. The van der Waals surface area contributed by atoms with E-state index in [1.807, 2.05) is 29.7 Å². The van der Waals surface area contributed by atoms with Crippen molar-refractivity contribution in [1.29, 1.82) is 0 Å². The number of aliphatic carboxylic acids is 1. The van der Waals surface area contributed by atoms with Crippen molar-refractivity contribution in [3.63, 3.8) is 0 Å². The van der Waals surface area contributed by atoms with Crippen molar-refractivity contribution in [3.8, 4) is 0 Å². The summed E-state index contributed by atoms with van der Waals surface area (Å²) in [5.74, 6) is -0.406. The normalized spacial score (nSPS) is 11.1. The highest BCUT2D eigenvalue weighted by Gasteiger charge is 2.14. The van der Waals surface area contributed by atoms with Crippen LogP contribution in [0.2, 0.25) is 0 Å². The topological polar surface area (TPSA) is 94.0 Å². The number of hydrogen-bond donors (Lipinski definition) is 1. The van der Waals surface area contributed by atoms with E-state index in [1.54, 1.807) is 0 Å². The van der Waals surface area contributed by atoms with E-state index in [-0.39, 0.29) is 5.75 Å². The average Bonchev–Trinajstić information content (AvgIpc) is 3.06. The number of benzene rings is 1. The van der Waals surface area contributed by atoms with Crippen molar-refractivity contribution in [2.45, 2.75) is 18.6 Å². The van der Waals surface area contributed by atoms with E-state index in [1.165, 1.54) is 18.2 Å². The lowest BCUT2D eigenvalue weighted by atomic mass is 10.2. The van der Waals surface area contributed by atoms with Gasteiger partial charge in [-0.1, -0.05) is 23.0 Å². The Morgan fingerprint density at radius 2 is 2.33 bits per heavy atom. The van der Waals surface area contributed by atoms with Crippen molar-refractivity contribution >= 4 is 28.8 Å². The predicted octanol–water partition coefficient (Wildman–Crippen LogP) is 1.95. The van der Waals surface area contributed by atoms with Crippen LogP contribution in [0.1, 0.15) is 11.4 Å². The quantitative estimate of drug-likeness (QED) is 0.720. The summed E-state index contributed by atoms with van der Waals surface area (Å²) in [7, 11) is 0. The zero-order chi connectivity index (χ0) is 14.8. The number of carbonyl (C=O) groups is 1. The van der Waals surface area contributed by atoms with Crippen LogP contribution in [-0.2, 0) is 11.3 Å². The molecule has 0 spiro atoms. The predicted molar refractivity (Wildman–Crippen MR) is 76.2 cm³/mol. The number of imidazole rings is 1. The molecule has 21 heavy (non-hydrogen) atoms. The molecule has 0 unspecified atom stereocenters. The Morgan fingerprint density at radius 3 is 3.05 bits per heavy atom. The van der Waals surface area contributed by atoms with E-state index in [0.717, 1.165) is 16.6 Å². The molecule has 0 aliphatic carbocycles. The fourth-order valence-electron chi connectivity index (χ4n) is 2.00. The van der Waals surface area contributed by atoms with E-state index in [9.17, 15) is 4.79 Å². The first-order valence-electron chi connectivity index (χ1n) is 6.20. The molecule has 0 saturated carbocycles. The highest BCUT2D eigenvalue weighted by molar-refractivity contribution is 7.99. The second-order valence-corrected chi connectivity index (χ2v) is 5.45. The summed E-state index contributed by atoms with van der Waals surface area (Å²) < 4.78 is 6.64. The monoisotopic (exact) mass is 304 g/mol. The molecule has 0 bridgehead atoms. The van der Waals surface area contributed by atoms with Gasteiger partial charge in [0.15, 0.2) is 11.0 Å². The van der Waals surface area contributed by atoms with E-state index in [0.29, 0.717) is 17.5 Å². The fraction of sp³-hybridized carbons (Fsp3) is 0.231. The number of rotatable bonds is 5. The van der Waals surface area contributed by atoms with Crippen LogP contribution >= 0.6 is 11.8 Å². The molecule has 0 aliphatic heterocycles. The van der Waals surface area contributed by atoms with Gasteiger partial charge in [0.05, 0.1) is 23.3 Å². The van der Waals surface area contributed by atoms with Gasteiger partial charge >= 0.3 is 5.97 Å². The molecule has 0 amide bonds. The summed E-state index contributed by atoms with van der Waals surface area (Å²) in [5.41, 5.74) is 2.84. The smallest absolute Gasteiger partial charge is 0.313 e. The minimum Gasteiger partial charge on any atom is -0.481 e. The highest BCUT2D eigenvalue weighted by Crippen LogP contribution is 2.25. The lowest BCUT2D eigenvalue weighted by molar-refractivity contribution is -0.133. The first-order valence-corrected chi connectivity index (χ1v) is 7.19. The Kier molecular flexibility index (Phi) is 3.61. The second-order valence-electron chi connectivity index (χ2n) is 4.50. The lowest BCUT2D eigenvalue weighted by Crippen LogP contribution is -2.05. The van der Waals surface area contributed by atoms with Crippen LogP contribution in [-0.4, -0.2) is 36.5 Å². The van der Waals surface area contributed by atoms with Gasteiger partial charge in [-0.2, -0.15) is 4.98 Å². The van der Waals surface area contributed by atoms with Crippen molar-refractivity contribution in [3.05, 3.63) is 36.0 Å². The molecule has 3 aromatic rings. The van der Waals surface area contributed by atoms with Crippen molar-refractivity contribution in [1.82, 2.24) is 19.7 Å². The van der Waals surface area contributed by atoms with Gasteiger partial charge in [-0.25, -0.2) is 4.98 Å². The van der Waals surface area contributed by atoms with E-state index in [4.69, 9.17) is 9.63 Å². The summed E-state index contributed by atoms with van der Waals surface area (Å²) in [6.07, 6.45) is 1.27. The van der Waals surface area contributed by atoms with Crippen LogP contribution in [0.4, 0.5) is 0 Å². The Morgan fingerprint density at radius 1 is 1.48 bits per heavy atom. The summed E-state index contributed by atoms with van der Waals surface area (Å²) in [6, 6.07) is 5.90.